The van der Waals surface area contributed by atoms with Crippen LogP contribution in [0.5, 0.6) is 5.75 Å². The molecule has 2 unspecified atom stereocenters. The molecule has 1 amide bonds. The van der Waals surface area contributed by atoms with Crippen molar-refractivity contribution in [1.82, 2.24) is 10.6 Å². The Morgan fingerprint density at radius 2 is 2.14 bits per heavy atom. The number of amides is 1. The van der Waals surface area contributed by atoms with Crippen molar-refractivity contribution < 1.29 is 14.5 Å². The van der Waals surface area contributed by atoms with Crippen molar-refractivity contribution in [2.75, 3.05) is 13.6 Å². The topological polar surface area (TPSA) is 93.5 Å². The zero-order chi connectivity index (χ0) is 16.0. The van der Waals surface area contributed by atoms with Crippen molar-refractivity contribution in [2.24, 2.45) is 0 Å². The molecule has 21 heavy (non-hydrogen) atoms. The quantitative estimate of drug-likeness (QED) is 0.590. The largest absolute Gasteiger partial charge is 0.474 e. The molecule has 0 spiro atoms. The number of rotatable bonds is 7. The van der Waals surface area contributed by atoms with Crippen molar-refractivity contribution >= 4 is 23.2 Å². The third-order valence-corrected chi connectivity index (χ3v) is 3.10. The Morgan fingerprint density at radius 3 is 2.71 bits per heavy atom. The molecule has 1 rings (SSSR count). The molecule has 7 nitrogen and oxygen atoms in total. The van der Waals surface area contributed by atoms with Crippen LogP contribution in [-0.4, -0.2) is 36.6 Å². The zero-order valence-corrected chi connectivity index (χ0v) is 12.8. The molecule has 0 aliphatic rings. The smallest absolute Gasteiger partial charge is 0.312 e. The molecule has 1 aromatic carbocycles. The summed E-state index contributed by atoms with van der Waals surface area (Å²) in [5.74, 6) is -0.338. The standard InChI is InChI=1S/C13H18ClN3O4/c1-8(15-3)7-16-13(18)9(2)21-12-5-4-10(14)6-11(12)17(19)20/h4-6,8-9,15H,7H2,1-3H3,(H,16,18). The van der Waals surface area contributed by atoms with Crippen molar-refractivity contribution in [2.45, 2.75) is 26.0 Å². The van der Waals surface area contributed by atoms with E-state index >= 15 is 0 Å². The van der Waals surface area contributed by atoms with Gasteiger partial charge in [0, 0.05) is 23.7 Å². The summed E-state index contributed by atoms with van der Waals surface area (Å²) in [6, 6.07) is 4.15. The van der Waals surface area contributed by atoms with E-state index < -0.39 is 11.0 Å². The number of halogens is 1. The minimum atomic E-state index is -0.853. The number of hydrogen-bond acceptors (Lipinski definition) is 5. The van der Waals surface area contributed by atoms with E-state index in [9.17, 15) is 14.9 Å². The fraction of sp³-hybridized carbons (Fsp3) is 0.462. The minimum absolute atomic E-state index is 0.00807. The summed E-state index contributed by atoms with van der Waals surface area (Å²) in [6.07, 6.45) is -0.853. The normalized spacial score (nSPS) is 13.3. The average Bonchev–Trinajstić information content (AvgIpc) is 2.45. The third-order valence-electron chi connectivity index (χ3n) is 2.87. The molecule has 0 bridgehead atoms. The fourth-order valence-corrected chi connectivity index (χ4v) is 1.64. The first kappa shape index (κ1) is 17.2. The highest BCUT2D eigenvalue weighted by molar-refractivity contribution is 6.30. The Kier molecular flexibility index (Phi) is 6.39. The predicted octanol–water partition coefficient (Wildman–Crippen LogP) is 1.74. The van der Waals surface area contributed by atoms with E-state index in [4.69, 9.17) is 16.3 Å². The number of nitro benzene ring substituents is 1. The minimum Gasteiger partial charge on any atom is -0.474 e. The Labute approximate surface area is 127 Å². The van der Waals surface area contributed by atoms with E-state index in [1.54, 1.807) is 7.05 Å². The van der Waals surface area contributed by atoms with Crippen LogP contribution in [0.1, 0.15) is 13.8 Å². The van der Waals surface area contributed by atoms with E-state index in [1.807, 2.05) is 6.92 Å². The molecule has 2 N–H and O–H groups in total. The fourth-order valence-electron chi connectivity index (χ4n) is 1.48. The lowest BCUT2D eigenvalue weighted by Crippen LogP contribution is -2.42. The average molecular weight is 316 g/mol. The molecule has 0 saturated carbocycles. The predicted molar refractivity (Wildman–Crippen MR) is 79.7 cm³/mol. The summed E-state index contributed by atoms with van der Waals surface area (Å²) in [5, 5.41) is 16.8. The maximum absolute atomic E-state index is 11.9. The summed E-state index contributed by atoms with van der Waals surface area (Å²) < 4.78 is 5.36. The number of nitrogens with zero attached hydrogens (tertiary/aromatic N) is 1. The van der Waals surface area contributed by atoms with Crippen LogP contribution in [0, 0.1) is 10.1 Å². The highest BCUT2D eigenvalue weighted by atomic mass is 35.5. The molecule has 2 atom stereocenters. The van der Waals surface area contributed by atoms with Crippen molar-refractivity contribution in [1.29, 1.82) is 0 Å². The van der Waals surface area contributed by atoms with Gasteiger partial charge in [0.25, 0.3) is 5.91 Å². The number of carbonyl (C=O) groups is 1. The van der Waals surface area contributed by atoms with Gasteiger partial charge < -0.3 is 15.4 Å². The van der Waals surface area contributed by atoms with E-state index in [0.717, 1.165) is 0 Å². The number of nitrogens with one attached hydrogen (secondary N) is 2. The Hall–Kier alpha value is -1.86. The number of nitro groups is 1. The molecule has 0 aromatic heterocycles. The van der Waals surface area contributed by atoms with Crippen LogP contribution in [0.15, 0.2) is 18.2 Å². The molecular weight excluding hydrogens is 298 g/mol. The van der Waals surface area contributed by atoms with Gasteiger partial charge in [0.15, 0.2) is 11.9 Å². The van der Waals surface area contributed by atoms with Gasteiger partial charge in [-0.05, 0) is 33.0 Å². The lowest BCUT2D eigenvalue weighted by molar-refractivity contribution is -0.386. The Balaban J connectivity index is 2.72. The second kappa shape index (κ2) is 7.80. The number of ether oxygens (including phenoxy) is 1. The van der Waals surface area contributed by atoms with Gasteiger partial charge in [0.1, 0.15) is 0 Å². The van der Waals surface area contributed by atoms with Gasteiger partial charge in [-0.2, -0.15) is 0 Å². The maximum Gasteiger partial charge on any atom is 0.312 e. The van der Waals surface area contributed by atoms with Gasteiger partial charge in [0.05, 0.1) is 4.92 Å². The van der Waals surface area contributed by atoms with Crippen LogP contribution in [-0.2, 0) is 4.79 Å². The summed E-state index contributed by atoms with van der Waals surface area (Å²) in [4.78, 5) is 22.2. The SMILES string of the molecule is CNC(C)CNC(=O)C(C)Oc1ccc(Cl)cc1[N+](=O)[O-]. The van der Waals surface area contributed by atoms with Crippen LogP contribution in [0.2, 0.25) is 5.02 Å². The van der Waals surface area contributed by atoms with Crippen LogP contribution < -0.4 is 15.4 Å². The molecule has 116 valence electrons. The molecule has 0 saturated heterocycles. The first-order valence-electron chi connectivity index (χ1n) is 6.40. The van der Waals surface area contributed by atoms with Crippen LogP contribution in [0.25, 0.3) is 0 Å². The van der Waals surface area contributed by atoms with Gasteiger partial charge >= 0.3 is 5.69 Å². The molecule has 0 radical (unpaired) electrons. The first-order chi connectivity index (χ1) is 9.85. The van der Waals surface area contributed by atoms with Crippen LogP contribution in [0.4, 0.5) is 5.69 Å². The maximum atomic E-state index is 11.9. The lowest BCUT2D eigenvalue weighted by atomic mass is 10.2. The Bertz CT molecular complexity index is 524. The molecule has 0 fully saturated rings. The van der Waals surface area contributed by atoms with E-state index in [2.05, 4.69) is 10.6 Å². The van der Waals surface area contributed by atoms with Crippen molar-refractivity contribution in [3.63, 3.8) is 0 Å². The van der Waals surface area contributed by atoms with Crippen LogP contribution in [0.3, 0.4) is 0 Å². The third kappa shape index (κ3) is 5.20. The van der Waals surface area contributed by atoms with Gasteiger partial charge in [-0.25, -0.2) is 0 Å². The number of likely N-dealkylation sites (N-methyl/N-ethyl adjacent to an activating group) is 1. The van der Waals surface area contributed by atoms with Crippen molar-refractivity contribution in [3.8, 4) is 5.75 Å². The summed E-state index contributed by atoms with van der Waals surface area (Å²) >= 11 is 5.71. The molecule has 1 aromatic rings. The van der Waals surface area contributed by atoms with E-state index in [-0.39, 0.29) is 28.4 Å². The zero-order valence-electron chi connectivity index (χ0n) is 12.1. The number of carbonyl (C=O) groups excluding carboxylic acids is 1. The second-order valence-corrected chi connectivity index (χ2v) is 5.00. The Morgan fingerprint density at radius 1 is 1.48 bits per heavy atom. The van der Waals surface area contributed by atoms with Crippen molar-refractivity contribution in [3.05, 3.63) is 33.3 Å². The first-order valence-corrected chi connectivity index (χ1v) is 6.78. The molecule has 8 heteroatoms. The number of hydrogen-bond donors (Lipinski definition) is 2. The monoisotopic (exact) mass is 315 g/mol. The molecular formula is C13H18ClN3O4. The summed E-state index contributed by atoms with van der Waals surface area (Å²) in [6.45, 7) is 3.87. The highest BCUT2D eigenvalue weighted by Crippen LogP contribution is 2.30. The van der Waals surface area contributed by atoms with Gasteiger partial charge in [0.2, 0.25) is 0 Å². The van der Waals surface area contributed by atoms with E-state index in [1.165, 1.54) is 25.1 Å². The molecule has 0 heterocycles. The molecule has 0 aliphatic heterocycles. The molecule has 0 aliphatic carbocycles. The van der Waals surface area contributed by atoms with Gasteiger partial charge in [-0.15, -0.1) is 0 Å². The van der Waals surface area contributed by atoms with Gasteiger partial charge in [-0.1, -0.05) is 11.6 Å². The van der Waals surface area contributed by atoms with Gasteiger partial charge in [-0.3, -0.25) is 14.9 Å². The lowest BCUT2D eigenvalue weighted by Gasteiger charge is -2.16. The second-order valence-electron chi connectivity index (χ2n) is 4.56. The van der Waals surface area contributed by atoms with Crippen LogP contribution >= 0.6 is 11.6 Å². The summed E-state index contributed by atoms with van der Waals surface area (Å²) in [7, 11) is 1.79. The highest BCUT2D eigenvalue weighted by Gasteiger charge is 2.21. The number of benzene rings is 1. The van der Waals surface area contributed by atoms with E-state index in [0.29, 0.717) is 6.54 Å². The summed E-state index contributed by atoms with van der Waals surface area (Å²) in [5.41, 5.74) is -0.272.